The van der Waals surface area contributed by atoms with Gasteiger partial charge in [-0.3, -0.25) is 4.79 Å². The summed E-state index contributed by atoms with van der Waals surface area (Å²) >= 11 is 1.54. The molecular weight excluding hydrogens is 264 g/mol. The van der Waals surface area contributed by atoms with Crippen LogP contribution >= 0.6 is 11.8 Å². The average molecular weight is 284 g/mol. The molecule has 0 radical (unpaired) electrons. The molecule has 1 aliphatic rings. The van der Waals surface area contributed by atoms with E-state index in [9.17, 15) is 4.79 Å². The summed E-state index contributed by atoms with van der Waals surface area (Å²) in [5.74, 6) is 0.299. The molecule has 1 aromatic rings. The smallest absolute Gasteiger partial charge is 0.276 e. The zero-order valence-corrected chi connectivity index (χ0v) is 12.1. The fourth-order valence-corrected chi connectivity index (χ4v) is 3.80. The first-order valence-corrected chi connectivity index (χ1v) is 7.45. The van der Waals surface area contributed by atoms with Crippen LogP contribution in [0.25, 0.3) is 0 Å². The molecule has 6 nitrogen and oxygen atoms in total. The van der Waals surface area contributed by atoms with Crippen molar-refractivity contribution in [2.45, 2.75) is 55.5 Å². The van der Waals surface area contributed by atoms with Crippen LogP contribution in [-0.2, 0) is 4.79 Å². The Morgan fingerprint density at radius 1 is 1.63 bits per heavy atom. The van der Waals surface area contributed by atoms with E-state index in [1.54, 1.807) is 18.7 Å². The van der Waals surface area contributed by atoms with Crippen LogP contribution in [0.1, 0.15) is 38.5 Å². The Hall–Kier alpha value is -1.08. The van der Waals surface area contributed by atoms with Crippen LogP contribution in [0.2, 0.25) is 0 Å². The summed E-state index contributed by atoms with van der Waals surface area (Å²) in [5.41, 5.74) is 5.00. The van der Waals surface area contributed by atoms with Crippen LogP contribution in [0.3, 0.4) is 0 Å². The third-order valence-electron chi connectivity index (χ3n) is 3.47. The summed E-state index contributed by atoms with van der Waals surface area (Å²) in [7, 11) is 0. The number of aryl methyl sites for hydroxylation is 1. The van der Waals surface area contributed by atoms with Crippen molar-refractivity contribution in [3.8, 4) is 0 Å². The number of nitrogens with one attached hydrogen (secondary N) is 1. The lowest BCUT2D eigenvalue weighted by molar-refractivity contribution is -0.125. The second-order valence-electron chi connectivity index (χ2n) is 4.90. The van der Waals surface area contributed by atoms with Crippen LogP contribution in [0, 0.1) is 6.92 Å². The summed E-state index contributed by atoms with van der Waals surface area (Å²) in [6.07, 6.45) is 3.52. The highest BCUT2D eigenvalue weighted by Gasteiger charge is 2.41. The molecule has 2 unspecified atom stereocenters. The molecule has 0 aliphatic heterocycles. The molecule has 0 aromatic carbocycles. The first-order valence-electron chi connectivity index (χ1n) is 6.57. The molecule has 1 heterocycles. The maximum Gasteiger partial charge on any atom is 0.276 e. The molecule has 106 valence electrons. The van der Waals surface area contributed by atoms with E-state index in [4.69, 9.17) is 10.2 Å². The number of aromatic nitrogens is 2. The van der Waals surface area contributed by atoms with Crippen molar-refractivity contribution in [1.29, 1.82) is 0 Å². The molecular formula is C12H20N4O2S. The molecule has 0 spiro atoms. The van der Waals surface area contributed by atoms with Gasteiger partial charge in [0.15, 0.2) is 0 Å². The Kier molecular flexibility index (Phi) is 4.46. The number of rotatable bonds is 5. The summed E-state index contributed by atoms with van der Waals surface area (Å²) in [5, 5.41) is 11.9. The van der Waals surface area contributed by atoms with Gasteiger partial charge in [0.25, 0.3) is 5.22 Å². The number of primary amides is 1. The molecule has 1 aromatic heterocycles. The van der Waals surface area contributed by atoms with Gasteiger partial charge in [0.05, 0.1) is 5.54 Å². The Balaban J connectivity index is 2.05. The van der Waals surface area contributed by atoms with Gasteiger partial charge < -0.3 is 15.5 Å². The molecule has 3 N–H and O–H groups in total. The lowest BCUT2D eigenvalue weighted by atomic mass is 9.80. The van der Waals surface area contributed by atoms with Crippen molar-refractivity contribution in [3.63, 3.8) is 0 Å². The monoisotopic (exact) mass is 284 g/mol. The summed E-state index contributed by atoms with van der Waals surface area (Å²) in [6, 6.07) is 0. The van der Waals surface area contributed by atoms with E-state index in [0.29, 0.717) is 17.5 Å². The maximum absolute atomic E-state index is 11.8. The van der Waals surface area contributed by atoms with Gasteiger partial charge >= 0.3 is 0 Å². The Morgan fingerprint density at radius 3 is 3.00 bits per heavy atom. The molecule has 7 heteroatoms. The maximum atomic E-state index is 11.8. The van der Waals surface area contributed by atoms with Crippen molar-refractivity contribution in [3.05, 3.63) is 5.89 Å². The lowest BCUT2D eigenvalue weighted by Crippen LogP contribution is -2.58. The highest BCUT2D eigenvalue weighted by molar-refractivity contribution is 7.99. The minimum atomic E-state index is -0.584. The largest absolute Gasteiger partial charge is 0.416 e. The second kappa shape index (κ2) is 5.92. The van der Waals surface area contributed by atoms with Gasteiger partial charge in [-0.05, 0) is 32.2 Å². The molecule has 19 heavy (non-hydrogen) atoms. The highest BCUT2D eigenvalue weighted by atomic mass is 32.2. The van der Waals surface area contributed by atoms with Gasteiger partial charge in [0.2, 0.25) is 11.8 Å². The number of nitrogens with zero attached hydrogens (tertiary/aromatic N) is 2. The molecule has 1 amide bonds. The van der Waals surface area contributed by atoms with Crippen LogP contribution in [0.4, 0.5) is 0 Å². The molecule has 1 aliphatic carbocycles. The van der Waals surface area contributed by atoms with Crippen LogP contribution in [-0.4, -0.2) is 33.4 Å². The zero-order chi connectivity index (χ0) is 13.9. The standard InChI is InChI=1S/C12H20N4O2S/c1-3-14-12(10(13)17)6-4-5-9(7-12)19-11-16-15-8(2)18-11/h9,14H,3-7H2,1-2H3,(H2,13,17). The minimum absolute atomic E-state index is 0.263. The zero-order valence-electron chi connectivity index (χ0n) is 11.3. The van der Waals surface area contributed by atoms with Gasteiger partial charge in [-0.2, -0.15) is 0 Å². The molecule has 1 fully saturated rings. The van der Waals surface area contributed by atoms with E-state index in [1.807, 2.05) is 6.92 Å². The fourth-order valence-electron chi connectivity index (χ4n) is 2.60. The van der Waals surface area contributed by atoms with E-state index in [0.717, 1.165) is 25.8 Å². The number of amides is 1. The van der Waals surface area contributed by atoms with Gasteiger partial charge in [-0.15, -0.1) is 10.2 Å². The topological polar surface area (TPSA) is 94.0 Å². The average Bonchev–Trinajstić information content (AvgIpc) is 2.75. The fraction of sp³-hybridized carbons (Fsp3) is 0.750. The molecule has 0 bridgehead atoms. The normalized spacial score (nSPS) is 27.4. The minimum Gasteiger partial charge on any atom is -0.416 e. The molecule has 2 rings (SSSR count). The Bertz CT molecular complexity index is 447. The Morgan fingerprint density at radius 2 is 2.42 bits per heavy atom. The quantitative estimate of drug-likeness (QED) is 0.845. The first kappa shape index (κ1) is 14.3. The van der Waals surface area contributed by atoms with Crippen molar-refractivity contribution in [2.75, 3.05) is 6.54 Å². The second-order valence-corrected chi connectivity index (χ2v) is 6.15. The number of thioether (sulfide) groups is 1. The predicted molar refractivity (Wildman–Crippen MR) is 72.8 cm³/mol. The van der Waals surface area contributed by atoms with Crippen molar-refractivity contribution < 1.29 is 9.21 Å². The van der Waals surface area contributed by atoms with E-state index < -0.39 is 5.54 Å². The highest BCUT2D eigenvalue weighted by Crippen LogP contribution is 2.37. The number of nitrogens with two attached hydrogens (primary N) is 1. The third-order valence-corrected chi connectivity index (χ3v) is 4.57. The van der Waals surface area contributed by atoms with Crippen molar-refractivity contribution in [2.24, 2.45) is 5.73 Å². The van der Waals surface area contributed by atoms with Gasteiger partial charge in [0, 0.05) is 12.2 Å². The van der Waals surface area contributed by atoms with E-state index in [2.05, 4.69) is 15.5 Å². The van der Waals surface area contributed by atoms with Crippen LogP contribution in [0.5, 0.6) is 0 Å². The molecule has 0 saturated heterocycles. The van der Waals surface area contributed by atoms with Crippen molar-refractivity contribution in [1.82, 2.24) is 15.5 Å². The number of carbonyl (C=O) groups is 1. The SMILES string of the molecule is CCNC1(C(N)=O)CCCC(Sc2nnc(C)o2)C1. The van der Waals surface area contributed by atoms with Gasteiger partial charge in [-0.1, -0.05) is 18.7 Å². The van der Waals surface area contributed by atoms with E-state index in [1.165, 1.54) is 0 Å². The van der Waals surface area contributed by atoms with Gasteiger partial charge in [0.1, 0.15) is 0 Å². The van der Waals surface area contributed by atoms with E-state index in [-0.39, 0.29) is 11.2 Å². The number of likely N-dealkylation sites (N-methyl/N-ethyl adjacent to an activating group) is 1. The molecule has 2 atom stereocenters. The summed E-state index contributed by atoms with van der Waals surface area (Å²) < 4.78 is 5.38. The van der Waals surface area contributed by atoms with Crippen LogP contribution < -0.4 is 11.1 Å². The van der Waals surface area contributed by atoms with Crippen molar-refractivity contribution >= 4 is 17.7 Å². The van der Waals surface area contributed by atoms with E-state index >= 15 is 0 Å². The first-order chi connectivity index (χ1) is 9.05. The number of hydrogen-bond donors (Lipinski definition) is 2. The lowest BCUT2D eigenvalue weighted by Gasteiger charge is -2.38. The van der Waals surface area contributed by atoms with Gasteiger partial charge in [-0.25, -0.2) is 0 Å². The summed E-state index contributed by atoms with van der Waals surface area (Å²) in [6.45, 7) is 4.49. The Labute approximate surface area is 116 Å². The third kappa shape index (κ3) is 3.27. The molecule has 1 saturated carbocycles. The summed E-state index contributed by atoms with van der Waals surface area (Å²) in [4.78, 5) is 11.8. The predicted octanol–water partition coefficient (Wildman–Crippen LogP) is 1.25. The number of carbonyl (C=O) groups excluding carboxylic acids is 1. The van der Waals surface area contributed by atoms with Crippen LogP contribution in [0.15, 0.2) is 9.64 Å². The number of hydrogen-bond acceptors (Lipinski definition) is 6.